The highest BCUT2D eigenvalue weighted by molar-refractivity contribution is 7.89. The van der Waals surface area contributed by atoms with E-state index < -0.39 is 63.0 Å². The number of pyridine rings is 1. The molecule has 1 unspecified atom stereocenters. The first-order valence-electron chi connectivity index (χ1n) is 19.3. The number of sulfonamides is 1. The number of hydrogen-bond donors (Lipinski definition) is 2. The molecule has 1 saturated carbocycles. The smallest absolute Gasteiger partial charge is 0.410 e. The minimum Gasteiger partial charge on any atom is -0.481 e. The lowest BCUT2D eigenvalue weighted by Gasteiger charge is -2.32. The predicted molar refractivity (Wildman–Crippen MR) is 220 cm³/mol. The normalized spacial score (nSPS) is 17.6. The summed E-state index contributed by atoms with van der Waals surface area (Å²) in [6, 6.07) is 20.3. The summed E-state index contributed by atoms with van der Waals surface area (Å²) in [7, 11) is -1.43. The summed E-state index contributed by atoms with van der Waals surface area (Å²) in [6.45, 7) is 5.79. The Morgan fingerprint density at radius 1 is 0.949 bits per heavy atom. The summed E-state index contributed by atoms with van der Waals surface area (Å²) in [5.74, 6) is -1.84. The van der Waals surface area contributed by atoms with Crippen LogP contribution in [-0.4, -0.2) is 92.2 Å². The molecule has 2 heterocycles. The molecule has 1 saturated heterocycles. The Hall–Kier alpha value is -5.25. The maximum Gasteiger partial charge on any atom is 0.410 e. The van der Waals surface area contributed by atoms with Gasteiger partial charge in [0, 0.05) is 65.5 Å². The van der Waals surface area contributed by atoms with E-state index in [4.69, 9.17) is 25.8 Å². The topological polar surface area (TPSA) is 156 Å². The maximum absolute atomic E-state index is 16.0. The van der Waals surface area contributed by atoms with Crippen LogP contribution in [0.2, 0.25) is 5.02 Å². The van der Waals surface area contributed by atoms with Crippen molar-refractivity contribution < 1.29 is 41.4 Å². The van der Waals surface area contributed by atoms with Gasteiger partial charge in [-0.15, -0.1) is 0 Å². The van der Waals surface area contributed by atoms with Gasteiger partial charge in [0.05, 0.1) is 19.1 Å². The number of nitrogens with zero attached hydrogens (tertiary/aromatic N) is 3. The molecule has 6 rings (SSSR count). The van der Waals surface area contributed by atoms with E-state index in [9.17, 15) is 22.8 Å². The van der Waals surface area contributed by atoms with Crippen molar-refractivity contribution in [1.82, 2.24) is 19.5 Å². The molecule has 1 aromatic heterocycles. The maximum atomic E-state index is 16.0. The minimum atomic E-state index is -4.07. The fourth-order valence-electron chi connectivity index (χ4n) is 7.41. The lowest BCUT2D eigenvalue weighted by Crippen LogP contribution is -2.48. The van der Waals surface area contributed by atoms with Crippen molar-refractivity contribution in [3.63, 3.8) is 0 Å². The molecule has 1 aliphatic carbocycles. The number of carbonyl (C=O) groups excluding carboxylic acids is 3. The second kappa shape index (κ2) is 17.9. The first-order chi connectivity index (χ1) is 28.0. The fraction of sp³-hybridized carbons (Fsp3) is 0.395. The Morgan fingerprint density at radius 3 is 2.25 bits per heavy atom. The quantitative estimate of drug-likeness (QED) is 0.148. The lowest BCUT2D eigenvalue weighted by atomic mass is 9.85. The Kier molecular flexibility index (Phi) is 13.2. The largest absolute Gasteiger partial charge is 0.481 e. The zero-order valence-corrected chi connectivity index (χ0v) is 35.2. The monoisotopic (exact) mass is 849 g/mol. The lowest BCUT2D eigenvalue weighted by molar-refractivity contribution is -0.118. The molecule has 2 N–H and O–H groups in total. The second-order valence-electron chi connectivity index (χ2n) is 15.9. The third-order valence-electron chi connectivity index (χ3n) is 10.5. The first-order valence-corrected chi connectivity index (χ1v) is 21.1. The van der Waals surface area contributed by atoms with Crippen LogP contribution in [0.15, 0.2) is 96.0 Å². The molecule has 3 aromatic carbocycles. The number of carbonyl (C=O) groups is 3. The van der Waals surface area contributed by atoms with Crippen molar-refractivity contribution in [3.05, 3.63) is 119 Å². The van der Waals surface area contributed by atoms with Crippen LogP contribution in [0.5, 0.6) is 5.88 Å². The number of nitrogens with one attached hydrogen (secondary N) is 2. The van der Waals surface area contributed by atoms with Crippen LogP contribution >= 0.6 is 11.6 Å². The third kappa shape index (κ3) is 10.5. The van der Waals surface area contributed by atoms with Gasteiger partial charge in [0.15, 0.2) is 0 Å². The van der Waals surface area contributed by atoms with Crippen molar-refractivity contribution in [3.8, 4) is 5.88 Å². The molecular formula is C43H49ClFN5O8S. The number of halogens is 2. The number of alkyl carbamates (subject to hydrolysis) is 1. The molecular weight excluding hydrogens is 801 g/mol. The predicted octanol–water partition coefficient (Wildman–Crippen LogP) is 7.40. The van der Waals surface area contributed by atoms with Crippen LogP contribution in [0.4, 0.5) is 19.7 Å². The highest BCUT2D eigenvalue weighted by atomic mass is 35.5. The Labute approximate surface area is 349 Å². The van der Waals surface area contributed by atoms with Crippen LogP contribution < -0.4 is 15.4 Å². The Morgan fingerprint density at radius 2 is 1.64 bits per heavy atom. The van der Waals surface area contributed by atoms with E-state index >= 15 is 4.39 Å². The molecule has 59 heavy (non-hydrogen) atoms. The molecule has 2 fully saturated rings. The molecule has 4 aromatic rings. The fourth-order valence-corrected chi connectivity index (χ4v) is 9.32. The molecule has 3 amide bonds. The van der Waals surface area contributed by atoms with Crippen molar-refractivity contribution >= 4 is 45.4 Å². The SMILES string of the molecule is COC(=O)N[C@H](C(=O)Nc1cccc(F)c1CCC1CN(C(=O)OC(C)(C)C)CC2(CC2)CN1S(=O)(=O)c1ccccc1)[C@@H](c1ccc(Cl)cc1)c1ccc(OC)nc1. The van der Waals surface area contributed by atoms with E-state index in [2.05, 4.69) is 15.6 Å². The zero-order chi connectivity index (χ0) is 42.5. The number of anilines is 1. The average Bonchev–Trinajstić information content (AvgIpc) is 4.00. The molecule has 16 heteroatoms. The summed E-state index contributed by atoms with van der Waals surface area (Å²) >= 11 is 6.22. The van der Waals surface area contributed by atoms with Gasteiger partial charge in [-0.05, 0) is 94.0 Å². The van der Waals surface area contributed by atoms with E-state index in [1.54, 1.807) is 80.3 Å². The number of amides is 3. The molecule has 13 nitrogen and oxygen atoms in total. The highest BCUT2D eigenvalue weighted by Crippen LogP contribution is 2.50. The zero-order valence-electron chi connectivity index (χ0n) is 33.6. The summed E-state index contributed by atoms with van der Waals surface area (Å²) in [6.07, 6.45) is 1.60. The van der Waals surface area contributed by atoms with Crippen LogP contribution in [0, 0.1) is 11.2 Å². The summed E-state index contributed by atoms with van der Waals surface area (Å²) < 4.78 is 62.2. The summed E-state index contributed by atoms with van der Waals surface area (Å²) in [5, 5.41) is 5.95. The van der Waals surface area contributed by atoms with Gasteiger partial charge in [0.2, 0.25) is 21.8 Å². The number of aromatic nitrogens is 1. The van der Waals surface area contributed by atoms with Gasteiger partial charge in [-0.2, -0.15) is 4.31 Å². The van der Waals surface area contributed by atoms with Gasteiger partial charge in [-0.3, -0.25) is 4.79 Å². The third-order valence-corrected chi connectivity index (χ3v) is 12.7. The van der Waals surface area contributed by atoms with Gasteiger partial charge >= 0.3 is 12.2 Å². The number of hydrogen-bond acceptors (Lipinski definition) is 9. The van der Waals surface area contributed by atoms with E-state index in [0.717, 1.165) is 12.8 Å². The standard InChI is InChI=1S/C43H49ClFN5O8S/c1-42(2,3)58-41(53)49-25-31(50(27-43(26-49)22-23-43)59(54,55)32-10-7-6-8-11-32)19-20-33-34(45)12-9-13-35(33)47-39(51)38(48-40(52)57-5)37(28-14-17-30(44)18-15-28)29-16-21-36(56-4)46-24-29/h6-18,21,24,31,37-38H,19-20,22-23,25-27H2,1-5H3,(H,47,51)(H,48,52)/t31?,37-,38-/m0/s1. The average molecular weight is 850 g/mol. The van der Waals surface area contributed by atoms with Crippen LogP contribution in [0.25, 0.3) is 0 Å². The molecule has 2 aliphatic rings. The van der Waals surface area contributed by atoms with Gasteiger partial charge in [-0.1, -0.05) is 54.1 Å². The van der Waals surface area contributed by atoms with E-state index in [0.29, 0.717) is 28.6 Å². The number of ether oxygens (including phenoxy) is 3. The summed E-state index contributed by atoms with van der Waals surface area (Å²) in [5.41, 5.74) is 0.129. The van der Waals surface area contributed by atoms with E-state index in [1.807, 2.05) is 0 Å². The summed E-state index contributed by atoms with van der Waals surface area (Å²) in [4.78, 5) is 46.9. The second-order valence-corrected chi connectivity index (χ2v) is 18.3. The molecule has 0 radical (unpaired) electrons. The minimum absolute atomic E-state index is 0.00264. The van der Waals surface area contributed by atoms with Gasteiger partial charge in [0.1, 0.15) is 17.5 Å². The van der Waals surface area contributed by atoms with Crippen LogP contribution in [0.1, 0.15) is 62.6 Å². The number of rotatable bonds is 12. The number of methoxy groups -OCH3 is 2. The molecule has 1 aliphatic heterocycles. The van der Waals surface area contributed by atoms with Gasteiger partial charge in [0.25, 0.3) is 0 Å². The first kappa shape index (κ1) is 43.3. The van der Waals surface area contributed by atoms with E-state index in [1.165, 1.54) is 55.1 Å². The van der Waals surface area contributed by atoms with Gasteiger partial charge in [-0.25, -0.2) is 27.4 Å². The Bertz CT molecular complexity index is 2240. The molecule has 1 spiro atoms. The Balaban J connectivity index is 1.34. The van der Waals surface area contributed by atoms with Gasteiger partial charge < -0.3 is 29.7 Å². The van der Waals surface area contributed by atoms with E-state index in [-0.39, 0.29) is 42.1 Å². The number of benzene rings is 3. The van der Waals surface area contributed by atoms with Crippen molar-refractivity contribution in [2.75, 3.05) is 39.2 Å². The van der Waals surface area contributed by atoms with Crippen LogP contribution in [-0.2, 0) is 30.7 Å². The molecule has 314 valence electrons. The van der Waals surface area contributed by atoms with Crippen LogP contribution in [0.3, 0.4) is 0 Å². The highest BCUT2D eigenvalue weighted by Gasteiger charge is 2.52. The van der Waals surface area contributed by atoms with Crippen molar-refractivity contribution in [2.45, 2.75) is 75.0 Å². The molecule has 3 atom stereocenters. The molecule has 0 bridgehead atoms. The van der Waals surface area contributed by atoms with Crippen molar-refractivity contribution in [1.29, 1.82) is 0 Å². The van der Waals surface area contributed by atoms with Crippen molar-refractivity contribution in [2.24, 2.45) is 5.41 Å².